The Morgan fingerprint density at radius 2 is 1.14 bits per heavy atom. The molecule has 4 aromatic rings. The van der Waals surface area contributed by atoms with Crippen LogP contribution in [-0.2, 0) is 22.4 Å². The fraction of sp³-hybridized carbons (Fsp3) is 0.263. The molecule has 0 radical (unpaired) electrons. The highest BCUT2D eigenvalue weighted by Crippen LogP contribution is 2.18. The Bertz CT molecular complexity index is 1430. The molecule has 4 rings (SSSR count). The molecule has 0 aliphatic rings. The molecule has 0 amide bonds. The summed E-state index contributed by atoms with van der Waals surface area (Å²) in [7, 11) is 0. The van der Waals surface area contributed by atoms with Gasteiger partial charge in [0.05, 0.1) is 0 Å². The van der Waals surface area contributed by atoms with E-state index in [0.29, 0.717) is 11.8 Å². The van der Waals surface area contributed by atoms with Crippen molar-refractivity contribution >= 4 is 73.3 Å². The van der Waals surface area contributed by atoms with Gasteiger partial charge in [-0.25, -0.2) is 0 Å². The molecule has 0 saturated carbocycles. The summed E-state index contributed by atoms with van der Waals surface area (Å²) in [5, 5.41) is 1.89. The van der Waals surface area contributed by atoms with Crippen molar-refractivity contribution in [2.75, 3.05) is 0 Å². The van der Waals surface area contributed by atoms with Crippen LogP contribution in [0.25, 0.3) is 18.2 Å². The number of allylic oxidation sites excluding steroid dienone is 1. The van der Waals surface area contributed by atoms with E-state index in [1.165, 1.54) is 61.2 Å². The molecule has 0 nitrogen and oxygen atoms in total. The molecule has 0 heterocycles. The molecule has 0 aliphatic carbocycles. The van der Waals surface area contributed by atoms with Gasteiger partial charge in [-0.15, -0.1) is 23.2 Å². The molecule has 0 saturated heterocycles. The highest BCUT2D eigenvalue weighted by Gasteiger charge is 1.99. The largest absolute Gasteiger partial charge is 0.122 e. The first kappa shape index (κ1) is 36.1. The molecule has 4 aromatic carbocycles. The van der Waals surface area contributed by atoms with E-state index in [1.807, 2.05) is 26.0 Å². The van der Waals surface area contributed by atoms with Crippen LogP contribution in [0.3, 0.4) is 0 Å². The highest BCUT2D eigenvalue weighted by molar-refractivity contribution is 9.08. The number of halogens is 4. The van der Waals surface area contributed by atoms with E-state index in [-0.39, 0.29) is 0 Å². The van der Waals surface area contributed by atoms with Crippen LogP contribution in [0.5, 0.6) is 0 Å². The summed E-state index contributed by atoms with van der Waals surface area (Å²) >= 11 is 18.2. The lowest BCUT2D eigenvalue weighted by Crippen LogP contribution is -1.86. The van der Waals surface area contributed by atoms with Crippen molar-refractivity contribution in [2.45, 2.75) is 64.0 Å². The minimum atomic E-state index is 0.573. The number of aryl methyl sites for hydroxylation is 5. The second-order valence-electron chi connectivity index (χ2n) is 10.4. The van der Waals surface area contributed by atoms with Gasteiger partial charge in [-0.05, 0) is 103 Å². The monoisotopic (exact) mass is 726 g/mol. The molecule has 0 bridgehead atoms. The van der Waals surface area contributed by atoms with Crippen molar-refractivity contribution in [1.29, 1.82) is 0 Å². The normalized spacial score (nSPS) is 10.8. The predicted molar refractivity (Wildman–Crippen MR) is 197 cm³/mol. The van der Waals surface area contributed by atoms with Gasteiger partial charge in [-0.1, -0.05) is 135 Å². The Hall–Kier alpha value is -2.10. The average molecular weight is 729 g/mol. The van der Waals surface area contributed by atoms with Gasteiger partial charge in [0.2, 0.25) is 0 Å². The van der Waals surface area contributed by atoms with E-state index in [4.69, 9.17) is 23.2 Å². The molecule has 222 valence electrons. The fourth-order valence-corrected chi connectivity index (χ4v) is 5.79. The quantitative estimate of drug-likeness (QED) is 0.131. The lowest BCUT2D eigenvalue weighted by atomic mass is 10.0. The zero-order chi connectivity index (χ0) is 31.1. The van der Waals surface area contributed by atoms with Crippen LogP contribution in [0, 0.1) is 34.6 Å². The van der Waals surface area contributed by atoms with E-state index in [9.17, 15) is 0 Å². The number of hydrogen-bond acceptors (Lipinski definition) is 0. The van der Waals surface area contributed by atoms with Gasteiger partial charge in [-0.2, -0.15) is 0 Å². The highest BCUT2D eigenvalue weighted by atomic mass is 79.9. The molecule has 0 spiro atoms. The van der Waals surface area contributed by atoms with Crippen molar-refractivity contribution in [2.24, 2.45) is 0 Å². The third-order valence-electron chi connectivity index (χ3n) is 6.93. The van der Waals surface area contributed by atoms with E-state index in [0.717, 1.165) is 16.2 Å². The molecule has 0 atom stereocenters. The number of hydrogen-bond donors (Lipinski definition) is 0. The second-order valence-corrected chi connectivity index (χ2v) is 12.0. The van der Waals surface area contributed by atoms with Gasteiger partial charge in [0.25, 0.3) is 0 Å². The van der Waals surface area contributed by atoms with E-state index >= 15 is 0 Å². The maximum Gasteiger partial charge on any atom is 0.0476 e. The minimum Gasteiger partial charge on any atom is -0.122 e. The molecule has 42 heavy (non-hydrogen) atoms. The first-order valence-corrected chi connectivity index (χ1v) is 17.4. The summed E-state index contributed by atoms with van der Waals surface area (Å²) in [5.41, 5.74) is 15.4. The summed E-state index contributed by atoms with van der Waals surface area (Å²) in [6.07, 6.45) is 8.60. The molecule has 4 heteroatoms. The van der Waals surface area contributed by atoms with E-state index < -0.39 is 0 Å². The van der Waals surface area contributed by atoms with Crippen molar-refractivity contribution in [1.82, 2.24) is 0 Å². The summed E-state index contributed by atoms with van der Waals surface area (Å²) in [4.78, 5) is 0. The zero-order valence-corrected chi connectivity index (χ0v) is 30.3. The maximum atomic E-state index is 5.69. The Morgan fingerprint density at radius 1 is 0.548 bits per heavy atom. The smallest absolute Gasteiger partial charge is 0.0476 e. The number of rotatable bonds is 7. The number of benzene rings is 4. The third-order valence-corrected chi connectivity index (χ3v) is 8.78. The van der Waals surface area contributed by atoms with Crippen LogP contribution in [0.15, 0.2) is 78.9 Å². The maximum absolute atomic E-state index is 5.69. The van der Waals surface area contributed by atoms with Crippen LogP contribution in [0.4, 0.5) is 0 Å². The Balaban J connectivity index is 0.000000239. The van der Waals surface area contributed by atoms with Crippen molar-refractivity contribution in [3.05, 3.63) is 146 Å². The van der Waals surface area contributed by atoms with Gasteiger partial charge in [0.1, 0.15) is 0 Å². The third kappa shape index (κ3) is 11.9. The van der Waals surface area contributed by atoms with Gasteiger partial charge in [0, 0.05) is 22.4 Å². The van der Waals surface area contributed by atoms with E-state index in [2.05, 4.69) is 145 Å². The summed E-state index contributed by atoms with van der Waals surface area (Å²) < 4.78 is 0. The fourth-order valence-electron chi connectivity index (χ4n) is 4.35. The summed E-state index contributed by atoms with van der Waals surface area (Å²) in [5.74, 6) is 1.15. The minimum absolute atomic E-state index is 0.573. The van der Waals surface area contributed by atoms with E-state index in [1.54, 1.807) is 0 Å². The SMILES string of the molecule is C/C=C/c1ccc(/C=C/c2ccc(C)cc2C)cc1C.Cc1cc(CBr)ccc1CBr.Cc1cc(CCl)ccc1CCl. The lowest BCUT2D eigenvalue weighted by molar-refractivity contribution is 1.26. The molecule has 0 fully saturated rings. The second kappa shape index (κ2) is 19.2. The molecular formula is C38H42Br2Cl2. The van der Waals surface area contributed by atoms with Crippen LogP contribution < -0.4 is 0 Å². The van der Waals surface area contributed by atoms with Gasteiger partial charge >= 0.3 is 0 Å². The zero-order valence-electron chi connectivity index (χ0n) is 25.6. The summed E-state index contributed by atoms with van der Waals surface area (Å²) in [6.45, 7) is 12.7. The molecular weight excluding hydrogens is 687 g/mol. The standard InChI is InChI=1S/C20H22.C9H10Br2.C9H10Cl2/c1-5-6-19-11-8-18(14-17(19)4)9-12-20-10-7-15(2)13-16(20)3;2*1-7-4-8(5-10)2-3-9(7)6-11/h5-14H,1-4H3;2*2-4H,5-6H2,1H3/b6-5+,12-9+;;. The predicted octanol–water partition coefficient (Wildman–Crippen LogP) is 13.1. The Kier molecular flexibility index (Phi) is 16.5. The van der Waals surface area contributed by atoms with Crippen molar-refractivity contribution in [3.63, 3.8) is 0 Å². The molecule has 0 unspecified atom stereocenters. The lowest BCUT2D eigenvalue weighted by Gasteiger charge is -2.04. The Morgan fingerprint density at radius 3 is 1.69 bits per heavy atom. The molecule has 0 aromatic heterocycles. The first-order chi connectivity index (χ1) is 20.1. The topological polar surface area (TPSA) is 0 Å². The molecule has 0 N–H and O–H groups in total. The summed E-state index contributed by atoms with van der Waals surface area (Å²) in [6, 6.07) is 25.8. The van der Waals surface area contributed by atoms with Gasteiger partial charge in [0.15, 0.2) is 0 Å². The average Bonchev–Trinajstić information content (AvgIpc) is 2.98. The van der Waals surface area contributed by atoms with Crippen molar-refractivity contribution < 1.29 is 0 Å². The number of alkyl halides is 4. The van der Waals surface area contributed by atoms with Crippen LogP contribution >= 0.6 is 55.1 Å². The van der Waals surface area contributed by atoms with Crippen molar-refractivity contribution in [3.8, 4) is 0 Å². The molecule has 0 aliphatic heterocycles. The van der Waals surface area contributed by atoms with Crippen LogP contribution in [-0.4, -0.2) is 0 Å². The van der Waals surface area contributed by atoms with Gasteiger partial charge in [-0.3, -0.25) is 0 Å². The van der Waals surface area contributed by atoms with Crippen LogP contribution in [0.1, 0.15) is 73.7 Å². The first-order valence-electron chi connectivity index (χ1n) is 14.0. The Labute approximate surface area is 281 Å². The van der Waals surface area contributed by atoms with Crippen LogP contribution in [0.2, 0.25) is 0 Å². The van der Waals surface area contributed by atoms with Gasteiger partial charge < -0.3 is 0 Å².